The first kappa shape index (κ1) is 14.4. The fourth-order valence-electron chi connectivity index (χ4n) is 1.88. The molecule has 110 valence electrons. The molecule has 1 unspecified atom stereocenters. The van der Waals surface area contributed by atoms with Gasteiger partial charge >= 0.3 is 6.18 Å². The fourth-order valence-corrected chi connectivity index (χ4v) is 1.88. The monoisotopic (exact) mass is 290 g/mol. The molecular formula is C11H13F3N4O2. The normalized spacial score (nSPS) is 19.6. The second-order valence-corrected chi connectivity index (χ2v) is 4.50. The van der Waals surface area contributed by atoms with Gasteiger partial charge in [-0.05, 0) is 12.5 Å². The van der Waals surface area contributed by atoms with Gasteiger partial charge in [-0.25, -0.2) is 0 Å². The molecule has 1 fully saturated rings. The number of nitrogens with one attached hydrogen (secondary N) is 2. The van der Waals surface area contributed by atoms with Gasteiger partial charge in [0.1, 0.15) is 6.54 Å². The number of amides is 2. The number of hydrogen-bond acceptors (Lipinski definition) is 3. The van der Waals surface area contributed by atoms with Gasteiger partial charge in [-0.3, -0.25) is 14.3 Å². The van der Waals surface area contributed by atoms with Crippen molar-refractivity contribution >= 4 is 11.8 Å². The van der Waals surface area contributed by atoms with Gasteiger partial charge in [0.2, 0.25) is 11.8 Å². The smallest absolute Gasteiger partial charge is 0.354 e. The van der Waals surface area contributed by atoms with Crippen LogP contribution in [0.15, 0.2) is 12.3 Å². The van der Waals surface area contributed by atoms with Crippen LogP contribution in [0.3, 0.4) is 0 Å². The van der Waals surface area contributed by atoms with Crippen molar-refractivity contribution < 1.29 is 22.8 Å². The first-order valence-corrected chi connectivity index (χ1v) is 6.01. The Hall–Kier alpha value is -2.06. The van der Waals surface area contributed by atoms with Gasteiger partial charge in [0, 0.05) is 25.2 Å². The SMILES string of the molecule is O=C1CCC(NC(=O)Cn2ccc(C(F)(F)F)n2)CN1. The molecule has 2 rings (SSSR count). The van der Waals surface area contributed by atoms with Gasteiger partial charge in [-0.1, -0.05) is 0 Å². The predicted molar refractivity (Wildman–Crippen MR) is 61.4 cm³/mol. The Kier molecular flexibility index (Phi) is 3.96. The van der Waals surface area contributed by atoms with Crippen molar-refractivity contribution in [3.05, 3.63) is 18.0 Å². The highest BCUT2D eigenvalue weighted by molar-refractivity contribution is 5.78. The lowest BCUT2D eigenvalue weighted by molar-refractivity contribution is -0.141. The van der Waals surface area contributed by atoms with E-state index >= 15 is 0 Å². The number of piperidine rings is 1. The minimum atomic E-state index is -4.52. The van der Waals surface area contributed by atoms with Gasteiger partial charge in [-0.15, -0.1) is 0 Å². The van der Waals surface area contributed by atoms with Gasteiger partial charge in [0.25, 0.3) is 0 Å². The van der Waals surface area contributed by atoms with Crippen molar-refractivity contribution in [2.45, 2.75) is 31.6 Å². The second-order valence-electron chi connectivity index (χ2n) is 4.50. The molecule has 0 aliphatic carbocycles. The summed E-state index contributed by atoms with van der Waals surface area (Å²) < 4.78 is 37.9. The first-order valence-electron chi connectivity index (χ1n) is 6.01. The molecule has 2 N–H and O–H groups in total. The van der Waals surface area contributed by atoms with Crippen LogP contribution in [0.25, 0.3) is 0 Å². The van der Waals surface area contributed by atoms with E-state index < -0.39 is 17.8 Å². The van der Waals surface area contributed by atoms with E-state index in [0.717, 1.165) is 16.9 Å². The molecule has 1 aliphatic heterocycles. The Balaban J connectivity index is 1.85. The molecule has 0 aromatic carbocycles. The summed E-state index contributed by atoms with van der Waals surface area (Å²) in [4.78, 5) is 22.6. The molecule has 1 atom stereocenters. The molecule has 1 saturated heterocycles. The number of rotatable bonds is 3. The molecular weight excluding hydrogens is 277 g/mol. The van der Waals surface area contributed by atoms with Crippen molar-refractivity contribution in [1.29, 1.82) is 0 Å². The predicted octanol–water partition coefficient (Wildman–Crippen LogP) is 0.297. The lowest BCUT2D eigenvalue weighted by Gasteiger charge is -2.23. The van der Waals surface area contributed by atoms with Crippen molar-refractivity contribution in [3.63, 3.8) is 0 Å². The molecule has 0 radical (unpaired) electrons. The lowest BCUT2D eigenvalue weighted by atomic mass is 10.1. The minimum Gasteiger partial charge on any atom is -0.354 e. The Labute approximate surface area is 112 Å². The molecule has 2 amide bonds. The third kappa shape index (κ3) is 3.72. The molecule has 1 aromatic rings. The highest BCUT2D eigenvalue weighted by Crippen LogP contribution is 2.27. The van der Waals surface area contributed by atoms with E-state index in [0.29, 0.717) is 19.4 Å². The van der Waals surface area contributed by atoms with Crippen LogP contribution < -0.4 is 10.6 Å². The first-order chi connectivity index (χ1) is 9.34. The van der Waals surface area contributed by atoms with Crippen molar-refractivity contribution in [2.75, 3.05) is 6.54 Å². The van der Waals surface area contributed by atoms with E-state index in [9.17, 15) is 22.8 Å². The fraction of sp³-hybridized carbons (Fsp3) is 0.545. The number of carbonyl (C=O) groups is 2. The summed E-state index contributed by atoms with van der Waals surface area (Å²) in [5.74, 6) is -0.514. The van der Waals surface area contributed by atoms with Crippen molar-refractivity contribution in [3.8, 4) is 0 Å². The number of hydrogen-bond donors (Lipinski definition) is 2. The van der Waals surface area contributed by atoms with Crippen LogP contribution in [0.5, 0.6) is 0 Å². The highest BCUT2D eigenvalue weighted by Gasteiger charge is 2.33. The van der Waals surface area contributed by atoms with Gasteiger partial charge in [-0.2, -0.15) is 18.3 Å². The largest absolute Gasteiger partial charge is 0.435 e. The van der Waals surface area contributed by atoms with E-state index in [-0.39, 0.29) is 18.5 Å². The number of nitrogens with zero attached hydrogens (tertiary/aromatic N) is 2. The standard InChI is InChI=1S/C11H13F3N4O2/c12-11(13,14)8-3-4-18(17-8)6-10(20)16-7-1-2-9(19)15-5-7/h3-4,7H,1-2,5-6H2,(H,15,19)(H,16,20). The van der Waals surface area contributed by atoms with Crippen molar-refractivity contribution in [2.24, 2.45) is 0 Å². The topological polar surface area (TPSA) is 76.0 Å². The van der Waals surface area contributed by atoms with Crippen LogP contribution in [-0.2, 0) is 22.3 Å². The molecule has 0 spiro atoms. The third-order valence-corrected chi connectivity index (χ3v) is 2.87. The molecule has 0 saturated carbocycles. The Morgan fingerprint density at radius 3 is 2.85 bits per heavy atom. The molecule has 0 bridgehead atoms. The zero-order chi connectivity index (χ0) is 14.8. The number of alkyl halides is 3. The maximum absolute atomic E-state index is 12.3. The summed E-state index contributed by atoms with van der Waals surface area (Å²) in [6.07, 6.45) is -2.57. The van der Waals surface area contributed by atoms with Crippen LogP contribution >= 0.6 is 0 Å². The molecule has 2 heterocycles. The van der Waals surface area contributed by atoms with Crippen LogP contribution in [0.1, 0.15) is 18.5 Å². The zero-order valence-electron chi connectivity index (χ0n) is 10.4. The summed E-state index contributed by atoms with van der Waals surface area (Å²) >= 11 is 0. The number of halogens is 3. The van der Waals surface area contributed by atoms with Crippen LogP contribution in [-0.4, -0.2) is 34.2 Å². The highest BCUT2D eigenvalue weighted by atomic mass is 19.4. The van der Waals surface area contributed by atoms with Gasteiger partial charge in [0.05, 0.1) is 0 Å². The molecule has 9 heteroatoms. The van der Waals surface area contributed by atoms with E-state index in [2.05, 4.69) is 15.7 Å². The van der Waals surface area contributed by atoms with Gasteiger partial charge < -0.3 is 10.6 Å². The quantitative estimate of drug-likeness (QED) is 0.840. The van der Waals surface area contributed by atoms with Gasteiger partial charge in [0.15, 0.2) is 5.69 Å². The maximum Gasteiger partial charge on any atom is 0.435 e. The average molecular weight is 290 g/mol. The molecule has 6 nitrogen and oxygen atoms in total. The number of aromatic nitrogens is 2. The number of carbonyl (C=O) groups excluding carboxylic acids is 2. The summed E-state index contributed by atoms with van der Waals surface area (Å²) in [6.45, 7) is 0.0397. The van der Waals surface area contributed by atoms with Crippen LogP contribution in [0, 0.1) is 0 Å². The van der Waals surface area contributed by atoms with E-state index in [1.54, 1.807) is 0 Å². The Morgan fingerprint density at radius 2 is 2.30 bits per heavy atom. The molecule has 1 aliphatic rings. The Bertz CT molecular complexity index is 502. The average Bonchev–Trinajstić information content (AvgIpc) is 2.80. The molecule has 20 heavy (non-hydrogen) atoms. The summed E-state index contributed by atoms with van der Waals surface area (Å²) in [5, 5.41) is 8.53. The minimum absolute atomic E-state index is 0.0719. The maximum atomic E-state index is 12.3. The molecule has 1 aromatic heterocycles. The summed E-state index contributed by atoms with van der Waals surface area (Å²) in [6, 6.07) is 0.617. The van der Waals surface area contributed by atoms with E-state index in [1.807, 2.05) is 0 Å². The van der Waals surface area contributed by atoms with Crippen LogP contribution in [0.4, 0.5) is 13.2 Å². The summed E-state index contributed by atoms with van der Waals surface area (Å²) in [5.41, 5.74) is -1.03. The second kappa shape index (κ2) is 5.51. The Morgan fingerprint density at radius 1 is 1.55 bits per heavy atom. The van der Waals surface area contributed by atoms with Crippen LogP contribution in [0.2, 0.25) is 0 Å². The lowest BCUT2D eigenvalue weighted by Crippen LogP contribution is -2.48. The van der Waals surface area contributed by atoms with E-state index in [4.69, 9.17) is 0 Å². The zero-order valence-corrected chi connectivity index (χ0v) is 10.4. The van der Waals surface area contributed by atoms with E-state index in [1.165, 1.54) is 0 Å². The third-order valence-electron chi connectivity index (χ3n) is 2.87. The van der Waals surface area contributed by atoms with Crippen molar-refractivity contribution in [1.82, 2.24) is 20.4 Å². The summed E-state index contributed by atoms with van der Waals surface area (Å²) in [7, 11) is 0.